The third-order valence-corrected chi connectivity index (χ3v) is 8.52. The Balaban J connectivity index is 1.87. The molecule has 0 bridgehead atoms. The molecule has 49 heavy (non-hydrogen) atoms. The molecule has 24 nitrogen and oxygen atoms in total. The van der Waals surface area contributed by atoms with Gasteiger partial charge in [-0.2, -0.15) is 8.42 Å². The SMILES string of the molecule is O=S(=O)(O)O[C@H]1[C@@H](O)[C@@H](CO)O[C@@H](O[C@H]2[C@@H](O)[C@@H](CO)O[C@@H](O[C@H]3[C@@H](O)[C@@H](CO)O[C@@H](O[C@@H]([C@H](O)[C@@H](O)CO)[C@H](O)CO)[C@@H]3O)[C@@H]2O)[C@@H]1O. The molecule has 3 saturated heterocycles. The van der Waals surface area contributed by atoms with E-state index in [0.717, 1.165) is 0 Å². The maximum atomic E-state index is 11.3. The van der Waals surface area contributed by atoms with Gasteiger partial charge in [0.05, 0.1) is 33.0 Å². The van der Waals surface area contributed by atoms with Crippen LogP contribution in [0.5, 0.6) is 0 Å². The molecule has 25 heteroatoms. The first-order valence-electron chi connectivity index (χ1n) is 14.7. The molecule has 0 radical (unpaired) electrons. The zero-order chi connectivity index (χ0) is 37.0. The standard InChI is InChI=1S/C24H44O24S/c25-1-6(30)11(32)18(7(31)2-26)45-22-15(36)19(12(33)8(3-27)42-22)46-23-16(37)20(13(34)9(4-28)43-23)47-24-17(38)21(48-49(39,40)41)14(35)10(5-29)44-24/h6-38H,1-5H2,(H,39,40,41)/t6-,7+,8+,9+,10+,11+,12-,13-,14-,15+,16+,17+,18+,19-,20-,21-,22-,23-,24-/m0/s1. The summed E-state index contributed by atoms with van der Waals surface area (Å²) < 4.78 is 68.2. The number of hydrogen-bond donors (Lipinski definition) is 15. The Morgan fingerprint density at radius 2 is 0.918 bits per heavy atom. The molecule has 3 aliphatic heterocycles. The largest absolute Gasteiger partial charge is 0.397 e. The summed E-state index contributed by atoms with van der Waals surface area (Å²) in [5.41, 5.74) is 0. The molecular formula is C24H44O24S. The Kier molecular flexibility index (Phi) is 15.8. The lowest BCUT2D eigenvalue weighted by Crippen LogP contribution is -2.67. The van der Waals surface area contributed by atoms with Gasteiger partial charge in [0.15, 0.2) is 18.9 Å². The molecule has 3 aliphatic rings. The predicted octanol–water partition coefficient (Wildman–Crippen LogP) is -10.3. The summed E-state index contributed by atoms with van der Waals surface area (Å²) in [6.45, 7) is -5.12. The quantitative estimate of drug-likeness (QED) is 0.0651. The van der Waals surface area contributed by atoms with Gasteiger partial charge in [0.2, 0.25) is 0 Å². The van der Waals surface area contributed by atoms with Crippen molar-refractivity contribution >= 4 is 10.4 Å². The zero-order valence-electron chi connectivity index (χ0n) is 25.3. The van der Waals surface area contributed by atoms with E-state index in [-0.39, 0.29) is 0 Å². The van der Waals surface area contributed by atoms with Crippen molar-refractivity contribution in [1.29, 1.82) is 0 Å². The van der Waals surface area contributed by atoms with Crippen LogP contribution in [-0.4, -0.2) is 234 Å². The molecule has 0 aromatic rings. The van der Waals surface area contributed by atoms with E-state index in [1.807, 2.05) is 0 Å². The summed E-state index contributed by atoms with van der Waals surface area (Å²) >= 11 is 0. The Morgan fingerprint density at radius 3 is 1.31 bits per heavy atom. The second-order valence-electron chi connectivity index (χ2n) is 11.4. The second kappa shape index (κ2) is 18.2. The molecule has 0 aliphatic carbocycles. The summed E-state index contributed by atoms with van der Waals surface area (Å²) in [4.78, 5) is 0. The van der Waals surface area contributed by atoms with E-state index in [2.05, 4.69) is 4.18 Å². The first kappa shape index (κ1) is 42.5. The molecule has 0 aromatic heterocycles. The van der Waals surface area contributed by atoms with Crippen LogP contribution in [0.1, 0.15) is 0 Å². The van der Waals surface area contributed by atoms with E-state index in [0.29, 0.717) is 0 Å². The Labute approximate surface area is 277 Å². The van der Waals surface area contributed by atoms with Crippen molar-refractivity contribution < 1.29 is 117 Å². The topological polar surface area (TPSA) is 402 Å². The van der Waals surface area contributed by atoms with Crippen LogP contribution in [0.2, 0.25) is 0 Å². The molecule has 3 rings (SSSR count). The van der Waals surface area contributed by atoms with E-state index in [1.165, 1.54) is 0 Å². The fourth-order valence-corrected chi connectivity index (χ4v) is 5.87. The molecule has 0 unspecified atom stereocenters. The van der Waals surface area contributed by atoms with Crippen LogP contribution >= 0.6 is 0 Å². The van der Waals surface area contributed by atoms with Gasteiger partial charge in [-0.1, -0.05) is 0 Å². The lowest BCUT2D eigenvalue weighted by atomic mass is 9.96. The average Bonchev–Trinajstić information content (AvgIpc) is 3.06. The van der Waals surface area contributed by atoms with Crippen molar-refractivity contribution in [1.82, 2.24) is 0 Å². The number of aliphatic hydroxyl groups is 14. The van der Waals surface area contributed by atoms with Crippen molar-refractivity contribution in [3.63, 3.8) is 0 Å². The fraction of sp³-hybridized carbons (Fsp3) is 1.00. The minimum atomic E-state index is -5.32. The van der Waals surface area contributed by atoms with Crippen molar-refractivity contribution in [2.24, 2.45) is 0 Å². The highest BCUT2D eigenvalue weighted by atomic mass is 32.3. The molecule has 3 fully saturated rings. The van der Waals surface area contributed by atoms with Gasteiger partial charge >= 0.3 is 10.4 Å². The van der Waals surface area contributed by atoms with Crippen LogP contribution < -0.4 is 0 Å². The minimum Gasteiger partial charge on any atom is -0.394 e. The van der Waals surface area contributed by atoms with Gasteiger partial charge in [0.25, 0.3) is 0 Å². The molecule has 0 amide bonds. The van der Waals surface area contributed by atoms with E-state index in [9.17, 15) is 79.9 Å². The van der Waals surface area contributed by atoms with Crippen LogP contribution in [0.25, 0.3) is 0 Å². The van der Waals surface area contributed by atoms with Crippen LogP contribution in [0.4, 0.5) is 0 Å². The van der Waals surface area contributed by atoms with Crippen LogP contribution in [0, 0.1) is 0 Å². The van der Waals surface area contributed by atoms with Gasteiger partial charge in [-0.15, -0.1) is 0 Å². The lowest BCUT2D eigenvalue weighted by Gasteiger charge is -2.48. The van der Waals surface area contributed by atoms with Gasteiger partial charge in [-0.3, -0.25) is 4.55 Å². The molecular weight excluding hydrogens is 704 g/mol. The highest BCUT2D eigenvalue weighted by Crippen LogP contribution is 2.34. The second-order valence-corrected chi connectivity index (χ2v) is 12.4. The Hall–Kier alpha value is -0.930. The number of rotatable bonds is 16. The molecule has 0 saturated carbocycles. The third-order valence-electron chi connectivity index (χ3n) is 8.06. The van der Waals surface area contributed by atoms with E-state index < -0.39 is 160 Å². The first-order valence-corrected chi connectivity index (χ1v) is 16.1. The van der Waals surface area contributed by atoms with Crippen molar-refractivity contribution in [3.05, 3.63) is 0 Å². The van der Waals surface area contributed by atoms with Gasteiger partial charge in [0, 0.05) is 0 Å². The lowest BCUT2D eigenvalue weighted by molar-refractivity contribution is -0.384. The Morgan fingerprint density at radius 1 is 0.551 bits per heavy atom. The highest BCUT2D eigenvalue weighted by Gasteiger charge is 2.55. The van der Waals surface area contributed by atoms with E-state index >= 15 is 0 Å². The molecule has 19 atom stereocenters. The number of aliphatic hydroxyl groups excluding tert-OH is 14. The monoisotopic (exact) mass is 748 g/mol. The zero-order valence-corrected chi connectivity index (χ0v) is 26.1. The van der Waals surface area contributed by atoms with Crippen molar-refractivity contribution in [2.45, 2.75) is 117 Å². The number of ether oxygens (including phenoxy) is 6. The van der Waals surface area contributed by atoms with Gasteiger partial charge in [-0.25, -0.2) is 4.18 Å². The minimum absolute atomic E-state index is 0.984. The summed E-state index contributed by atoms with van der Waals surface area (Å²) in [7, 11) is -5.32. The summed E-state index contributed by atoms with van der Waals surface area (Å²) in [6, 6.07) is 0. The average molecular weight is 749 g/mol. The molecule has 290 valence electrons. The van der Waals surface area contributed by atoms with Crippen molar-refractivity contribution in [2.75, 3.05) is 33.0 Å². The predicted molar refractivity (Wildman–Crippen MR) is 147 cm³/mol. The van der Waals surface area contributed by atoms with Gasteiger partial charge in [0.1, 0.15) is 97.7 Å². The Bertz CT molecular complexity index is 1100. The molecule has 0 aromatic carbocycles. The normalized spacial score (nSPS) is 43.1. The molecule has 0 spiro atoms. The van der Waals surface area contributed by atoms with E-state index in [4.69, 9.17) is 33.0 Å². The van der Waals surface area contributed by atoms with Crippen molar-refractivity contribution in [3.8, 4) is 0 Å². The fourth-order valence-electron chi connectivity index (χ4n) is 5.37. The number of hydrogen-bond acceptors (Lipinski definition) is 23. The smallest absolute Gasteiger partial charge is 0.394 e. The van der Waals surface area contributed by atoms with Gasteiger partial charge in [-0.05, 0) is 0 Å². The third kappa shape index (κ3) is 9.94. The molecule has 15 N–H and O–H groups in total. The van der Waals surface area contributed by atoms with Crippen LogP contribution in [-0.2, 0) is 43.0 Å². The summed E-state index contributed by atoms with van der Waals surface area (Å²) in [6.07, 6.45) is -38.3. The first-order chi connectivity index (χ1) is 22.9. The summed E-state index contributed by atoms with van der Waals surface area (Å²) in [5, 5.41) is 143. The van der Waals surface area contributed by atoms with Crippen LogP contribution in [0.15, 0.2) is 0 Å². The van der Waals surface area contributed by atoms with Gasteiger partial charge < -0.3 is 99.9 Å². The van der Waals surface area contributed by atoms with Crippen LogP contribution in [0.3, 0.4) is 0 Å². The highest BCUT2D eigenvalue weighted by molar-refractivity contribution is 7.80. The van der Waals surface area contributed by atoms with E-state index in [1.54, 1.807) is 0 Å². The maximum Gasteiger partial charge on any atom is 0.397 e. The maximum absolute atomic E-state index is 11.3. The molecule has 3 heterocycles. The summed E-state index contributed by atoms with van der Waals surface area (Å²) in [5.74, 6) is 0.